The van der Waals surface area contributed by atoms with Crippen molar-refractivity contribution in [1.82, 2.24) is 5.32 Å². The molecule has 0 spiro atoms. The Kier molecular flexibility index (Phi) is 6.41. The molecule has 0 aliphatic carbocycles. The van der Waals surface area contributed by atoms with Gasteiger partial charge in [-0.3, -0.25) is 4.79 Å². The van der Waals surface area contributed by atoms with E-state index >= 15 is 0 Å². The molecule has 1 N–H and O–H groups in total. The van der Waals surface area contributed by atoms with Crippen molar-refractivity contribution in [1.29, 1.82) is 0 Å². The van der Waals surface area contributed by atoms with Crippen LogP contribution in [0.2, 0.25) is 0 Å². The highest BCUT2D eigenvalue weighted by molar-refractivity contribution is 7.10. The average Bonchev–Trinajstić information content (AvgIpc) is 2.89. The molecule has 1 aromatic carbocycles. The van der Waals surface area contributed by atoms with Gasteiger partial charge in [0.15, 0.2) is 0 Å². The van der Waals surface area contributed by atoms with Crippen LogP contribution in [-0.4, -0.2) is 12.5 Å². The van der Waals surface area contributed by atoms with Crippen LogP contribution in [-0.2, 0) is 11.3 Å². The largest absolute Gasteiger partial charge is 0.494 e. The average molecular weight is 329 g/mol. The van der Waals surface area contributed by atoms with Crippen LogP contribution in [0.4, 0.5) is 0 Å². The van der Waals surface area contributed by atoms with Gasteiger partial charge in [0.1, 0.15) is 5.75 Å². The molecule has 0 aliphatic rings. The van der Waals surface area contributed by atoms with E-state index in [0.29, 0.717) is 6.54 Å². The number of thiophene rings is 1. The van der Waals surface area contributed by atoms with Crippen molar-refractivity contribution in [3.05, 3.63) is 57.3 Å². The molecule has 2 rings (SSSR count). The number of benzene rings is 1. The lowest BCUT2D eigenvalue weighted by atomic mass is 10.2. The standard InChI is InChI=1S/C19H23NO2S/c1-4-11-22-18-8-5-16(6-9-18)7-10-19(21)20-12-17-13-23-15(3)14(17)2/h5-10,13H,4,11-12H2,1-3H3,(H,20,21)/b10-7+. The Balaban J connectivity index is 1.84. The van der Waals surface area contributed by atoms with Crippen molar-refractivity contribution in [2.45, 2.75) is 33.7 Å². The quantitative estimate of drug-likeness (QED) is 0.760. The summed E-state index contributed by atoms with van der Waals surface area (Å²) in [5.74, 6) is 0.774. The molecule has 1 heterocycles. The topological polar surface area (TPSA) is 38.3 Å². The summed E-state index contributed by atoms with van der Waals surface area (Å²) in [6, 6.07) is 7.73. The van der Waals surface area contributed by atoms with E-state index in [1.807, 2.05) is 30.3 Å². The third-order valence-corrected chi connectivity index (χ3v) is 4.68. The number of nitrogens with one attached hydrogen (secondary N) is 1. The van der Waals surface area contributed by atoms with Gasteiger partial charge < -0.3 is 10.1 Å². The minimum atomic E-state index is -0.0837. The van der Waals surface area contributed by atoms with Crippen LogP contribution in [0, 0.1) is 13.8 Å². The van der Waals surface area contributed by atoms with Crippen LogP contribution < -0.4 is 10.1 Å². The molecule has 1 amide bonds. The zero-order chi connectivity index (χ0) is 16.7. The molecule has 0 aliphatic heterocycles. The first-order chi connectivity index (χ1) is 11.1. The molecule has 0 unspecified atom stereocenters. The number of carbonyl (C=O) groups is 1. The maximum Gasteiger partial charge on any atom is 0.244 e. The summed E-state index contributed by atoms with van der Waals surface area (Å²) in [7, 11) is 0. The molecule has 0 saturated heterocycles. The Morgan fingerprint density at radius 2 is 2.00 bits per heavy atom. The smallest absolute Gasteiger partial charge is 0.244 e. The van der Waals surface area contributed by atoms with E-state index in [-0.39, 0.29) is 5.91 Å². The number of amides is 1. The summed E-state index contributed by atoms with van der Waals surface area (Å²) in [6.45, 7) is 7.56. The first kappa shape index (κ1) is 17.3. The van der Waals surface area contributed by atoms with Crippen LogP contribution >= 0.6 is 11.3 Å². The molecule has 0 atom stereocenters. The SMILES string of the molecule is CCCOc1ccc(/C=C/C(=O)NCc2csc(C)c2C)cc1. The third-order valence-electron chi connectivity index (χ3n) is 3.62. The highest BCUT2D eigenvalue weighted by Gasteiger charge is 2.04. The number of rotatable bonds is 7. The van der Waals surface area contributed by atoms with Gasteiger partial charge in [0.25, 0.3) is 0 Å². The third kappa shape index (κ3) is 5.25. The lowest BCUT2D eigenvalue weighted by Gasteiger charge is -2.04. The van der Waals surface area contributed by atoms with Crippen molar-refractivity contribution >= 4 is 23.3 Å². The van der Waals surface area contributed by atoms with E-state index in [0.717, 1.165) is 24.3 Å². The molecule has 0 radical (unpaired) electrons. The highest BCUT2D eigenvalue weighted by Crippen LogP contribution is 2.20. The van der Waals surface area contributed by atoms with E-state index in [9.17, 15) is 4.79 Å². The number of ether oxygens (including phenoxy) is 1. The monoisotopic (exact) mass is 329 g/mol. The summed E-state index contributed by atoms with van der Waals surface area (Å²) in [5.41, 5.74) is 3.43. The van der Waals surface area contributed by atoms with E-state index in [2.05, 4.69) is 31.5 Å². The van der Waals surface area contributed by atoms with Crippen LogP contribution in [0.1, 0.15) is 34.9 Å². The zero-order valence-corrected chi connectivity index (χ0v) is 14.7. The molecule has 122 valence electrons. The highest BCUT2D eigenvalue weighted by atomic mass is 32.1. The van der Waals surface area contributed by atoms with Crippen molar-refractivity contribution < 1.29 is 9.53 Å². The van der Waals surface area contributed by atoms with Gasteiger partial charge in [0.2, 0.25) is 5.91 Å². The Bertz CT molecular complexity index is 671. The van der Waals surface area contributed by atoms with Gasteiger partial charge in [-0.25, -0.2) is 0 Å². The van der Waals surface area contributed by atoms with Gasteiger partial charge in [0.05, 0.1) is 6.61 Å². The van der Waals surface area contributed by atoms with E-state index in [1.54, 1.807) is 17.4 Å². The zero-order valence-electron chi connectivity index (χ0n) is 13.9. The van der Waals surface area contributed by atoms with Gasteiger partial charge in [-0.1, -0.05) is 19.1 Å². The van der Waals surface area contributed by atoms with Crippen molar-refractivity contribution in [2.75, 3.05) is 6.61 Å². The van der Waals surface area contributed by atoms with Crippen molar-refractivity contribution in [2.24, 2.45) is 0 Å². The second-order valence-corrected chi connectivity index (χ2v) is 6.49. The van der Waals surface area contributed by atoms with Gasteiger partial charge >= 0.3 is 0 Å². The maximum absolute atomic E-state index is 11.9. The van der Waals surface area contributed by atoms with Gasteiger partial charge in [0, 0.05) is 17.5 Å². The Hall–Kier alpha value is -2.07. The molecule has 1 aromatic heterocycles. The first-order valence-corrected chi connectivity index (χ1v) is 8.70. The molecule has 0 bridgehead atoms. The Labute approximate surface area is 142 Å². The summed E-state index contributed by atoms with van der Waals surface area (Å²) in [6.07, 6.45) is 4.37. The van der Waals surface area contributed by atoms with E-state index in [4.69, 9.17) is 4.74 Å². The fraction of sp³-hybridized carbons (Fsp3) is 0.316. The van der Waals surface area contributed by atoms with Crippen LogP contribution in [0.3, 0.4) is 0 Å². The van der Waals surface area contributed by atoms with Crippen LogP contribution in [0.25, 0.3) is 6.08 Å². The Morgan fingerprint density at radius 3 is 2.61 bits per heavy atom. The molecule has 3 nitrogen and oxygen atoms in total. The summed E-state index contributed by atoms with van der Waals surface area (Å²) < 4.78 is 5.53. The van der Waals surface area contributed by atoms with E-state index in [1.165, 1.54) is 16.0 Å². The number of hydrogen-bond donors (Lipinski definition) is 1. The van der Waals surface area contributed by atoms with Gasteiger partial charge in [-0.05, 0) is 60.5 Å². The van der Waals surface area contributed by atoms with Gasteiger partial charge in [-0.2, -0.15) is 0 Å². The maximum atomic E-state index is 11.9. The van der Waals surface area contributed by atoms with Crippen LogP contribution in [0.5, 0.6) is 5.75 Å². The predicted octanol–water partition coefficient (Wildman–Crippen LogP) is 4.48. The lowest BCUT2D eigenvalue weighted by molar-refractivity contribution is -0.116. The van der Waals surface area contributed by atoms with E-state index < -0.39 is 0 Å². The second kappa shape index (κ2) is 8.53. The van der Waals surface area contributed by atoms with Gasteiger partial charge in [-0.15, -0.1) is 11.3 Å². The molecule has 0 fully saturated rings. The minimum Gasteiger partial charge on any atom is -0.494 e. The summed E-state index contributed by atoms with van der Waals surface area (Å²) in [5, 5.41) is 5.02. The molecule has 23 heavy (non-hydrogen) atoms. The fourth-order valence-electron chi connectivity index (χ4n) is 2.04. The van der Waals surface area contributed by atoms with Crippen molar-refractivity contribution in [3.63, 3.8) is 0 Å². The number of hydrogen-bond acceptors (Lipinski definition) is 3. The Morgan fingerprint density at radius 1 is 1.26 bits per heavy atom. The molecule has 0 saturated carbocycles. The fourth-order valence-corrected chi connectivity index (χ4v) is 2.93. The lowest BCUT2D eigenvalue weighted by Crippen LogP contribution is -2.20. The number of carbonyl (C=O) groups excluding carboxylic acids is 1. The minimum absolute atomic E-state index is 0.0837. The summed E-state index contributed by atoms with van der Waals surface area (Å²) >= 11 is 1.72. The normalized spacial score (nSPS) is 10.9. The van der Waals surface area contributed by atoms with Crippen molar-refractivity contribution in [3.8, 4) is 5.75 Å². The molecular weight excluding hydrogens is 306 g/mol. The molecule has 4 heteroatoms. The molecular formula is C19H23NO2S. The van der Waals surface area contributed by atoms with Crippen LogP contribution in [0.15, 0.2) is 35.7 Å². The number of aryl methyl sites for hydroxylation is 1. The molecule has 2 aromatic rings. The predicted molar refractivity (Wildman–Crippen MR) is 96.9 cm³/mol. The first-order valence-electron chi connectivity index (χ1n) is 7.82. The second-order valence-electron chi connectivity index (χ2n) is 5.41. The summed E-state index contributed by atoms with van der Waals surface area (Å²) in [4.78, 5) is 13.2.